The number of amides is 1. The second kappa shape index (κ2) is 8.88. The van der Waals surface area contributed by atoms with Crippen molar-refractivity contribution < 1.29 is 9.53 Å². The molecule has 6 nitrogen and oxygen atoms in total. The van der Waals surface area contributed by atoms with Gasteiger partial charge in [0, 0.05) is 11.4 Å². The highest BCUT2D eigenvalue weighted by molar-refractivity contribution is 8.01. The number of hydrogen-bond acceptors (Lipinski definition) is 7. The molecule has 8 heteroatoms. The van der Waals surface area contributed by atoms with E-state index in [0.717, 1.165) is 32.6 Å². The minimum Gasteiger partial charge on any atom is -0.497 e. The first-order valence-corrected chi connectivity index (χ1v) is 10.1. The van der Waals surface area contributed by atoms with Gasteiger partial charge in [0.25, 0.3) is 0 Å². The lowest BCUT2D eigenvalue weighted by atomic mass is 10.1. The van der Waals surface area contributed by atoms with Gasteiger partial charge in [0.15, 0.2) is 4.34 Å². The van der Waals surface area contributed by atoms with E-state index in [1.807, 2.05) is 56.3 Å². The largest absolute Gasteiger partial charge is 0.497 e. The number of benzene rings is 2. The van der Waals surface area contributed by atoms with Crippen molar-refractivity contribution in [2.24, 2.45) is 0 Å². The summed E-state index contributed by atoms with van der Waals surface area (Å²) >= 11 is 2.78. The number of para-hydroxylation sites is 1. The van der Waals surface area contributed by atoms with Crippen LogP contribution >= 0.6 is 23.1 Å². The molecule has 27 heavy (non-hydrogen) atoms. The number of hydrogen-bond donors (Lipinski definition) is 2. The Hall–Kier alpha value is -2.58. The van der Waals surface area contributed by atoms with Crippen molar-refractivity contribution in [3.63, 3.8) is 0 Å². The molecule has 1 heterocycles. The summed E-state index contributed by atoms with van der Waals surface area (Å²) in [5, 5.41) is 15.1. The topological polar surface area (TPSA) is 76.1 Å². The highest BCUT2D eigenvalue weighted by Crippen LogP contribution is 2.28. The molecule has 2 N–H and O–H groups in total. The molecule has 1 aromatic heterocycles. The molecule has 0 aliphatic rings. The van der Waals surface area contributed by atoms with E-state index in [4.69, 9.17) is 4.74 Å². The monoisotopic (exact) mass is 400 g/mol. The van der Waals surface area contributed by atoms with Crippen LogP contribution in [0.15, 0.2) is 46.8 Å². The molecule has 0 saturated heterocycles. The molecule has 3 aromatic rings. The Morgan fingerprint density at radius 3 is 2.48 bits per heavy atom. The van der Waals surface area contributed by atoms with E-state index in [-0.39, 0.29) is 11.7 Å². The maximum Gasteiger partial charge on any atom is 0.234 e. The number of rotatable bonds is 7. The minimum atomic E-state index is -0.0581. The van der Waals surface area contributed by atoms with Gasteiger partial charge in [0.1, 0.15) is 5.75 Å². The van der Waals surface area contributed by atoms with Crippen molar-refractivity contribution in [3.8, 4) is 5.75 Å². The van der Waals surface area contributed by atoms with Gasteiger partial charge in [-0.2, -0.15) is 0 Å². The van der Waals surface area contributed by atoms with E-state index in [0.29, 0.717) is 5.13 Å². The van der Waals surface area contributed by atoms with E-state index in [1.54, 1.807) is 7.11 Å². The van der Waals surface area contributed by atoms with Gasteiger partial charge in [-0.05, 0) is 49.2 Å². The van der Waals surface area contributed by atoms with Gasteiger partial charge in [0.05, 0.1) is 12.9 Å². The molecule has 0 fully saturated rings. The zero-order chi connectivity index (χ0) is 19.2. The van der Waals surface area contributed by atoms with Crippen LogP contribution in [-0.2, 0) is 4.79 Å². The zero-order valence-electron chi connectivity index (χ0n) is 15.3. The fourth-order valence-electron chi connectivity index (χ4n) is 2.43. The van der Waals surface area contributed by atoms with E-state index in [1.165, 1.54) is 23.1 Å². The lowest BCUT2D eigenvalue weighted by Gasteiger charge is -2.10. The highest BCUT2D eigenvalue weighted by Gasteiger charge is 2.11. The standard InChI is InChI=1S/C19H20N4O2S2/c1-12-5-4-6-13(2)17(12)21-16(24)11-26-19-23-22-18(27-19)20-14-7-9-15(25-3)10-8-14/h4-10H,11H2,1-3H3,(H,20,22)(H,21,24). The van der Waals surface area contributed by atoms with Gasteiger partial charge in [0.2, 0.25) is 11.0 Å². The Bertz CT molecular complexity index is 905. The summed E-state index contributed by atoms with van der Waals surface area (Å²) in [5.41, 5.74) is 3.88. The summed E-state index contributed by atoms with van der Waals surface area (Å²) in [6.45, 7) is 3.97. The molecule has 1 amide bonds. The van der Waals surface area contributed by atoms with Gasteiger partial charge in [-0.1, -0.05) is 41.3 Å². The number of anilines is 3. The average molecular weight is 401 g/mol. The molecule has 0 aliphatic heterocycles. The molecule has 0 bridgehead atoms. The van der Waals surface area contributed by atoms with Crippen molar-refractivity contribution in [2.75, 3.05) is 23.5 Å². The molecular weight excluding hydrogens is 380 g/mol. The molecule has 2 aromatic carbocycles. The minimum absolute atomic E-state index is 0.0581. The first-order valence-electron chi connectivity index (χ1n) is 8.28. The normalized spacial score (nSPS) is 10.5. The highest BCUT2D eigenvalue weighted by atomic mass is 32.2. The van der Waals surface area contributed by atoms with Gasteiger partial charge in [-0.15, -0.1) is 10.2 Å². The maximum atomic E-state index is 12.2. The lowest BCUT2D eigenvalue weighted by molar-refractivity contribution is -0.113. The number of carbonyl (C=O) groups is 1. The van der Waals surface area contributed by atoms with Crippen molar-refractivity contribution in [2.45, 2.75) is 18.2 Å². The number of aromatic nitrogens is 2. The Kier molecular flexibility index (Phi) is 6.31. The predicted molar refractivity (Wildman–Crippen MR) is 111 cm³/mol. The predicted octanol–water partition coefficient (Wildman–Crippen LogP) is 4.64. The average Bonchev–Trinajstić information content (AvgIpc) is 3.11. The van der Waals surface area contributed by atoms with E-state index in [9.17, 15) is 4.79 Å². The first kappa shape index (κ1) is 19.2. The van der Waals surface area contributed by atoms with Crippen molar-refractivity contribution in [3.05, 3.63) is 53.6 Å². The molecular formula is C19H20N4O2S2. The van der Waals surface area contributed by atoms with Crippen LogP contribution in [0.2, 0.25) is 0 Å². The fourth-order valence-corrected chi connectivity index (χ4v) is 4.00. The number of ether oxygens (including phenoxy) is 1. The Morgan fingerprint density at radius 1 is 1.11 bits per heavy atom. The summed E-state index contributed by atoms with van der Waals surface area (Å²) in [7, 11) is 1.63. The van der Waals surface area contributed by atoms with Crippen LogP contribution in [0.3, 0.4) is 0 Å². The molecule has 0 aliphatic carbocycles. The molecule has 0 spiro atoms. The number of aryl methyl sites for hydroxylation is 2. The van der Waals surface area contributed by atoms with Crippen LogP contribution in [0, 0.1) is 13.8 Å². The van der Waals surface area contributed by atoms with Gasteiger partial charge < -0.3 is 15.4 Å². The Labute approximate surface area is 166 Å². The van der Waals surface area contributed by atoms with Crippen molar-refractivity contribution >= 4 is 45.5 Å². The number of carbonyl (C=O) groups excluding carboxylic acids is 1. The summed E-state index contributed by atoms with van der Waals surface area (Å²) in [5.74, 6) is 1.02. The van der Waals surface area contributed by atoms with Crippen LogP contribution in [-0.4, -0.2) is 29.0 Å². The second-order valence-electron chi connectivity index (χ2n) is 5.83. The smallest absolute Gasteiger partial charge is 0.234 e. The van der Waals surface area contributed by atoms with Gasteiger partial charge >= 0.3 is 0 Å². The van der Waals surface area contributed by atoms with Crippen LogP contribution in [0.5, 0.6) is 5.75 Å². The lowest BCUT2D eigenvalue weighted by Crippen LogP contribution is -2.15. The van der Waals surface area contributed by atoms with Crippen molar-refractivity contribution in [1.82, 2.24) is 10.2 Å². The number of methoxy groups -OCH3 is 1. The number of thioether (sulfide) groups is 1. The van der Waals surface area contributed by atoms with Crippen molar-refractivity contribution in [1.29, 1.82) is 0 Å². The molecule has 3 rings (SSSR count). The van der Waals surface area contributed by atoms with Gasteiger partial charge in [-0.3, -0.25) is 4.79 Å². The third-order valence-electron chi connectivity index (χ3n) is 3.82. The van der Waals surface area contributed by atoms with Crippen LogP contribution in [0.1, 0.15) is 11.1 Å². The quantitative estimate of drug-likeness (QED) is 0.563. The van der Waals surface area contributed by atoms with E-state index >= 15 is 0 Å². The second-order valence-corrected chi connectivity index (χ2v) is 8.03. The third kappa shape index (κ3) is 5.21. The SMILES string of the molecule is COc1ccc(Nc2nnc(SCC(=O)Nc3c(C)cccc3C)s2)cc1. The maximum absolute atomic E-state index is 12.2. The molecule has 0 atom stereocenters. The summed E-state index contributed by atoms with van der Waals surface area (Å²) < 4.78 is 5.88. The molecule has 0 radical (unpaired) electrons. The fraction of sp³-hybridized carbons (Fsp3) is 0.211. The van der Waals surface area contributed by atoms with E-state index < -0.39 is 0 Å². The van der Waals surface area contributed by atoms with E-state index in [2.05, 4.69) is 20.8 Å². The molecule has 0 unspecified atom stereocenters. The Morgan fingerprint density at radius 2 is 1.81 bits per heavy atom. The first-order chi connectivity index (χ1) is 13.0. The summed E-state index contributed by atoms with van der Waals surface area (Å²) in [6.07, 6.45) is 0. The van der Waals surface area contributed by atoms with Crippen LogP contribution < -0.4 is 15.4 Å². The third-order valence-corrected chi connectivity index (χ3v) is 5.79. The summed E-state index contributed by atoms with van der Waals surface area (Å²) in [6, 6.07) is 13.5. The zero-order valence-corrected chi connectivity index (χ0v) is 16.9. The van der Waals surface area contributed by atoms with Crippen LogP contribution in [0.4, 0.5) is 16.5 Å². The molecule has 140 valence electrons. The Balaban J connectivity index is 1.53. The van der Waals surface area contributed by atoms with Gasteiger partial charge in [-0.25, -0.2) is 0 Å². The van der Waals surface area contributed by atoms with Crippen LogP contribution in [0.25, 0.3) is 0 Å². The molecule has 0 saturated carbocycles. The number of nitrogens with zero attached hydrogens (tertiary/aromatic N) is 2. The summed E-state index contributed by atoms with van der Waals surface area (Å²) in [4.78, 5) is 12.2. The number of nitrogens with one attached hydrogen (secondary N) is 2.